The molecule has 8 heteroatoms. The molecule has 2 unspecified atom stereocenters. The molecule has 0 radical (unpaired) electrons. The van der Waals surface area contributed by atoms with Gasteiger partial charge in [0.2, 0.25) is 0 Å². The molecule has 0 saturated heterocycles. The molecule has 28 heavy (non-hydrogen) atoms. The second kappa shape index (κ2) is 8.53. The van der Waals surface area contributed by atoms with Crippen molar-refractivity contribution in [2.24, 2.45) is 15.3 Å². The summed E-state index contributed by atoms with van der Waals surface area (Å²) < 4.78 is 0. The minimum absolute atomic E-state index is 0.128. The van der Waals surface area contributed by atoms with Gasteiger partial charge < -0.3 is 10.4 Å². The zero-order chi connectivity index (χ0) is 20.1. The standard InChI is InChI=1S/C20H21N5O3/c1-13(26)12-21-19(27)16-10-6-7-11-17(16)22-23-18-14(2)24-25(20(18)28)15-8-4-3-5-9-15/h3-11,13,18,26H,12H2,1-2H3,(H,21,27). The lowest BCUT2D eigenvalue weighted by atomic mass is 10.1. The SMILES string of the molecule is CC1=NN(c2ccccc2)C(=O)C1N=Nc1ccccc1C(=O)NCC(C)O. The lowest BCUT2D eigenvalue weighted by molar-refractivity contribution is -0.117. The number of anilines is 1. The van der Waals surface area contributed by atoms with Crippen molar-refractivity contribution >= 4 is 28.9 Å². The molecule has 2 amide bonds. The molecule has 0 spiro atoms. The van der Waals surface area contributed by atoms with Crippen LogP contribution >= 0.6 is 0 Å². The van der Waals surface area contributed by atoms with Gasteiger partial charge in [-0.1, -0.05) is 30.3 Å². The van der Waals surface area contributed by atoms with Crippen molar-refractivity contribution in [3.8, 4) is 0 Å². The van der Waals surface area contributed by atoms with Crippen LogP contribution in [0.5, 0.6) is 0 Å². The highest BCUT2D eigenvalue weighted by atomic mass is 16.3. The minimum atomic E-state index is -0.839. The van der Waals surface area contributed by atoms with Crippen molar-refractivity contribution < 1.29 is 14.7 Å². The van der Waals surface area contributed by atoms with Crippen LogP contribution in [0, 0.1) is 0 Å². The van der Waals surface area contributed by atoms with Crippen LogP contribution < -0.4 is 10.3 Å². The first-order valence-corrected chi connectivity index (χ1v) is 8.87. The lowest BCUT2D eigenvalue weighted by Crippen LogP contribution is -2.30. The molecule has 2 aromatic carbocycles. The molecule has 0 aromatic heterocycles. The lowest BCUT2D eigenvalue weighted by Gasteiger charge is -2.12. The zero-order valence-electron chi connectivity index (χ0n) is 15.6. The quantitative estimate of drug-likeness (QED) is 0.754. The smallest absolute Gasteiger partial charge is 0.280 e. The van der Waals surface area contributed by atoms with E-state index in [2.05, 4.69) is 20.6 Å². The number of aliphatic hydroxyl groups excluding tert-OH is 1. The molecule has 0 fully saturated rings. The Morgan fingerprint density at radius 1 is 1.21 bits per heavy atom. The Morgan fingerprint density at radius 2 is 1.89 bits per heavy atom. The van der Waals surface area contributed by atoms with Crippen LogP contribution in [-0.4, -0.2) is 41.3 Å². The van der Waals surface area contributed by atoms with Crippen molar-refractivity contribution in [1.82, 2.24) is 5.32 Å². The number of carbonyl (C=O) groups excluding carboxylic acids is 2. The van der Waals surface area contributed by atoms with Gasteiger partial charge in [0.15, 0.2) is 6.04 Å². The summed E-state index contributed by atoms with van der Waals surface area (Å²) in [5.74, 6) is -0.673. The second-order valence-electron chi connectivity index (χ2n) is 6.42. The molecule has 2 atom stereocenters. The number of nitrogens with zero attached hydrogens (tertiary/aromatic N) is 4. The third-order valence-electron chi connectivity index (χ3n) is 4.08. The maximum Gasteiger partial charge on any atom is 0.280 e. The van der Waals surface area contributed by atoms with Crippen LogP contribution in [0.25, 0.3) is 0 Å². The molecule has 3 rings (SSSR count). The summed E-state index contributed by atoms with van der Waals surface area (Å²) in [7, 11) is 0. The van der Waals surface area contributed by atoms with Gasteiger partial charge in [0, 0.05) is 6.54 Å². The number of para-hydroxylation sites is 1. The normalized spacial score (nSPS) is 17.7. The number of benzene rings is 2. The maximum absolute atomic E-state index is 12.7. The number of nitrogens with one attached hydrogen (secondary N) is 1. The van der Waals surface area contributed by atoms with E-state index in [9.17, 15) is 14.7 Å². The molecular weight excluding hydrogens is 358 g/mol. The van der Waals surface area contributed by atoms with Crippen LogP contribution in [0.4, 0.5) is 11.4 Å². The number of hydrazone groups is 1. The summed E-state index contributed by atoms with van der Waals surface area (Å²) in [4.78, 5) is 25.0. The van der Waals surface area contributed by atoms with Gasteiger partial charge in [0.25, 0.3) is 11.8 Å². The van der Waals surface area contributed by atoms with Crippen molar-refractivity contribution in [2.45, 2.75) is 26.0 Å². The van der Waals surface area contributed by atoms with Crippen molar-refractivity contribution in [3.63, 3.8) is 0 Å². The van der Waals surface area contributed by atoms with Gasteiger partial charge >= 0.3 is 0 Å². The van der Waals surface area contributed by atoms with Gasteiger partial charge in [-0.25, -0.2) is 0 Å². The summed E-state index contributed by atoms with van der Waals surface area (Å²) in [5.41, 5.74) is 1.83. The monoisotopic (exact) mass is 379 g/mol. The van der Waals surface area contributed by atoms with Gasteiger partial charge in [-0.2, -0.15) is 20.3 Å². The van der Waals surface area contributed by atoms with Crippen molar-refractivity contribution in [1.29, 1.82) is 0 Å². The van der Waals surface area contributed by atoms with Gasteiger partial charge in [-0.05, 0) is 38.1 Å². The van der Waals surface area contributed by atoms with Gasteiger partial charge in [0.1, 0.15) is 0 Å². The maximum atomic E-state index is 12.7. The van der Waals surface area contributed by atoms with E-state index in [0.717, 1.165) is 0 Å². The highest BCUT2D eigenvalue weighted by Crippen LogP contribution is 2.24. The van der Waals surface area contributed by atoms with E-state index < -0.39 is 12.1 Å². The molecule has 1 aliphatic rings. The number of azo groups is 1. The molecule has 2 N–H and O–H groups in total. The Bertz CT molecular complexity index is 924. The fourth-order valence-corrected chi connectivity index (χ4v) is 2.65. The number of hydrogen-bond acceptors (Lipinski definition) is 6. The van der Waals surface area contributed by atoms with E-state index in [4.69, 9.17) is 0 Å². The number of aliphatic hydroxyl groups is 1. The highest BCUT2D eigenvalue weighted by Gasteiger charge is 2.34. The Morgan fingerprint density at radius 3 is 2.61 bits per heavy atom. The highest BCUT2D eigenvalue weighted by molar-refractivity contribution is 6.18. The topological polar surface area (TPSA) is 107 Å². The van der Waals surface area contributed by atoms with Crippen LogP contribution in [0.2, 0.25) is 0 Å². The molecular formula is C20H21N5O3. The third-order valence-corrected chi connectivity index (χ3v) is 4.08. The van der Waals surface area contributed by atoms with E-state index in [1.165, 1.54) is 5.01 Å². The zero-order valence-corrected chi connectivity index (χ0v) is 15.6. The van der Waals surface area contributed by atoms with E-state index >= 15 is 0 Å². The first-order valence-electron chi connectivity index (χ1n) is 8.87. The summed E-state index contributed by atoms with van der Waals surface area (Å²) >= 11 is 0. The van der Waals surface area contributed by atoms with Crippen LogP contribution in [-0.2, 0) is 4.79 Å². The number of carbonyl (C=O) groups is 2. The number of hydrogen-bond donors (Lipinski definition) is 2. The molecule has 8 nitrogen and oxygen atoms in total. The first-order chi connectivity index (χ1) is 13.5. The summed E-state index contributed by atoms with van der Waals surface area (Å²) in [6, 6.07) is 14.9. The number of amides is 2. The van der Waals surface area contributed by atoms with E-state index in [1.54, 1.807) is 50.2 Å². The molecule has 0 aliphatic carbocycles. The van der Waals surface area contributed by atoms with Crippen LogP contribution in [0.3, 0.4) is 0 Å². The molecule has 1 aliphatic heterocycles. The fourth-order valence-electron chi connectivity index (χ4n) is 2.65. The van der Waals surface area contributed by atoms with Crippen LogP contribution in [0.1, 0.15) is 24.2 Å². The summed E-state index contributed by atoms with van der Waals surface area (Å²) in [5, 5.41) is 25.8. The average molecular weight is 379 g/mol. The van der Waals surface area contributed by atoms with Crippen molar-refractivity contribution in [3.05, 3.63) is 60.2 Å². The third kappa shape index (κ3) is 4.29. The molecule has 1 heterocycles. The Balaban J connectivity index is 1.78. The van der Waals surface area contributed by atoms with E-state index in [0.29, 0.717) is 22.6 Å². The summed E-state index contributed by atoms with van der Waals surface area (Å²) in [6.07, 6.45) is -0.656. The molecule has 144 valence electrons. The van der Waals surface area contributed by atoms with E-state index in [1.807, 2.05) is 18.2 Å². The first kappa shape index (κ1) is 19.4. The Hall–Kier alpha value is -3.39. The van der Waals surface area contributed by atoms with Gasteiger partial charge in [0.05, 0.1) is 28.8 Å². The Kier molecular flexibility index (Phi) is 5.90. The summed E-state index contributed by atoms with van der Waals surface area (Å²) in [6.45, 7) is 3.42. The van der Waals surface area contributed by atoms with Gasteiger partial charge in [-0.15, -0.1) is 0 Å². The molecule has 2 aromatic rings. The second-order valence-corrected chi connectivity index (χ2v) is 6.42. The minimum Gasteiger partial charge on any atom is -0.392 e. The Labute approximate surface area is 162 Å². The van der Waals surface area contributed by atoms with E-state index in [-0.39, 0.29) is 18.4 Å². The van der Waals surface area contributed by atoms with Gasteiger partial charge in [-0.3, -0.25) is 9.59 Å². The predicted molar refractivity (Wildman–Crippen MR) is 106 cm³/mol. The fraction of sp³-hybridized carbons (Fsp3) is 0.250. The molecule has 0 saturated carbocycles. The predicted octanol–water partition coefficient (Wildman–Crippen LogP) is 2.67. The molecule has 0 bridgehead atoms. The number of rotatable bonds is 6. The van der Waals surface area contributed by atoms with Crippen molar-refractivity contribution in [2.75, 3.05) is 11.6 Å². The largest absolute Gasteiger partial charge is 0.392 e. The average Bonchev–Trinajstić information content (AvgIpc) is 2.99. The van der Waals surface area contributed by atoms with Crippen LogP contribution in [0.15, 0.2) is 69.9 Å².